The Kier molecular flexibility index (Phi) is 3.64. The van der Waals surface area contributed by atoms with Crippen LogP contribution in [0.15, 0.2) is 12.5 Å². The summed E-state index contributed by atoms with van der Waals surface area (Å²) >= 11 is 0. The molecular formula is C15H20N8. The molecule has 3 aromatic rings. The van der Waals surface area contributed by atoms with Crippen LogP contribution in [-0.4, -0.2) is 41.1 Å². The quantitative estimate of drug-likeness (QED) is 0.782. The summed E-state index contributed by atoms with van der Waals surface area (Å²) in [6.07, 6.45) is 9.06. The Morgan fingerprint density at radius 2 is 2.13 bits per heavy atom. The molecule has 23 heavy (non-hydrogen) atoms. The predicted octanol–water partition coefficient (Wildman–Crippen LogP) is 1.34. The number of fused-ring (bicyclic) bond motifs is 2. The summed E-state index contributed by atoms with van der Waals surface area (Å²) in [4.78, 5) is 8.50. The van der Waals surface area contributed by atoms with E-state index in [2.05, 4.69) is 35.1 Å². The van der Waals surface area contributed by atoms with Crippen molar-refractivity contribution in [2.75, 3.05) is 11.9 Å². The topological polar surface area (TPSA) is 86.3 Å². The molecule has 0 unspecified atom stereocenters. The third-order valence-corrected chi connectivity index (χ3v) is 4.26. The van der Waals surface area contributed by atoms with E-state index in [4.69, 9.17) is 0 Å². The second-order valence-electron chi connectivity index (χ2n) is 5.93. The number of hydrogen-bond donors (Lipinski definition) is 1. The summed E-state index contributed by atoms with van der Waals surface area (Å²) in [6, 6.07) is 0. The molecule has 1 N–H and O–H groups in total. The van der Waals surface area contributed by atoms with Crippen molar-refractivity contribution in [2.24, 2.45) is 7.05 Å². The Morgan fingerprint density at radius 3 is 3.09 bits per heavy atom. The van der Waals surface area contributed by atoms with Gasteiger partial charge in [-0.1, -0.05) is 6.42 Å². The van der Waals surface area contributed by atoms with E-state index in [1.54, 1.807) is 11.0 Å². The Bertz CT molecular complexity index is 818. The molecule has 1 aliphatic heterocycles. The SMILES string of the molecule is Cn1cc2c(NCCc3nnc4n3CCCCC4)ncnc2n1. The van der Waals surface area contributed by atoms with Crippen LogP contribution in [0.4, 0.5) is 5.82 Å². The minimum atomic E-state index is 0.710. The molecule has 4 heterocycles. The van der Waals surface area contributed by atoms with E-state index in [-0.39, 0.29) is 0 Å². The summed E-state index contributed by atoms with van der Waals surface area (Å²) in [5.41, 5.74) is 0.710. The molecule has 8 nitrogen and oxygen atoms in total. The molecule has 0 saturated heterocycles. The molecule has 0 aliphatic carbocycles. The first-order valence-corrected chi connectivity index (χ1v) is 8.10. The molecule has 8 heteroatoms. The molecular weight excluding hydrogens is 292 g/mol. The van der Waals surface area contributed by atoms with Crippen LogP contribution < -0.4 is 5.32 Å². The number of nitrogens with one attached hydrogen (secondary N) is 1. The summed E-state index contributed by atoms with van der Waals surface area (Å²) in [7, 11) is 1.89. The van der Waals surface area contributed by atoms with Gasteiger partial charge in [0.05, 0.1) is 5.39 Å². The molecule has 1 aliphatic rings. The molecule has 0 atom stereocenters. The summed E-state index contributed by atoms with van der Waals surface area (Å²) in [6.45, 7) is 1.80. The Hall–Kier alpha value is -2.51. The molecule has 0 radical (unpaired) electrons. The van der Waals surface area contributed by atoms with Crippen molar-refractivity contribution in [3.8, 4) is 0 Å². The maximum absolute atomic E-state index is 4.36. The molecule has 120 valence electrons. The molecule has 0 fully saturated rings. The highest BCUT2D eigenvalue weighted by Crippen LogP contribution is 2.18. The van der Waals surface area contributed by atoms with Gasteiger partial charge in [-0.3, -0.25) is 4.68 Å². The van der Waals surface area contributed by atoms with Crippen LogP contribution in [0.25, 0.3) is 11.0 Å². The maximum Gasteiger partial charge on any atom is 0.186 e. The highest BCUT2D eigenvalue weighted by atomic mass is 15.3. The van der Waals surface area contributed by atoms with Crippen molar-refractivity contribution in [3.05, 3.63) is 24.2 Å². The zero-order chi connectivity index (χ0) is 15.6. The van der Waals surface area contributed by atoms with Crippen molar-refractivity contribution >= 4 is 16.9 Å². The van der Waals surface area contributed by atoms with E-state index in [0.29, 0.717) is 5.65 Å². The Balaban J connectivity index is 1.46. The van der Waals surface area contributed by atoms with Crippen LogP contribution in [0, 0.1) is 0 Å². The first kappa shape index (κ1) is 14.1. The Labute approximate surface area is 134 Å². The molecule has 4 rings (SSSR count). The Morgan fingerprint density at radius 1 is 1.17 bits per heavy atom. The maximum atomic E-state index is 4.36. The van der Waals surface area contributed by atoms with Gasteiger partial charge < -0.3 is 9.88 Å². The molecule has 3 aromatic heterocycles. The van der Waals surface area contributed by atoms with E-state index in [1.165, 1.54) is 19.3 Å². The van der Waals surface area contributed by atoms with E-state index >= 15 is 0 Å². The van der Waals surface area contributed by atoms with Gasteiger partial charge in [0.25, 0.3) is 0 Å². The van der Waals surface area contributed by atoms with Crippen LogP contribution in [-0.2, 0) is 26.4 Å². The lowest BCUT2D eigenvalue weighted by molar-refractivity contribution is 0.606. The summed E-state index contributed by atoms with van der Waals surface area (Å²) in [5, 5.41) is 17.3. The second-order valence-corrected chi connectivity index (χ2v) is 5.93. The molecule has 0 saturated carbocycles. The monoisotopic (exact) mass is 312 g/mol. The van der Waals surface area contributed by atoms with Gasteiger partial charge in [-0.05, 0) is 12.8 Å². The number of hydrogen-bond acceptors (Lipinski definition) is 6. The minimum absolute atomic E-state index is 0.710. The van der Waals surface area contributed by atoms with Crippen LogP contribution >= 0.6 is 0 Å². The lowest BCUT2D eigenvalue weighted by Crippen LogP contribution is -2.12. The first-order chi connectivity index (χ1) is 11.3. The fraction of sp³-hybridized carbons (Fsp3) is 0.533. The number of anilines is 1. The summed E-state index contributed by atoms with van der Waals surface area (Å²) in [5.74, 6) is 3.01. The third kappa shape index (κ3) is 2.76. The second kappa shape index (κ2) is 5.94. The van der Waals surface area contributed by atoms with Crippen molar-refractivity contribution in [1.82, 2.24) is 34.5 Å². The highest BCUT2D eigenvalue weighted by Gasteiger charge is 2.14. The predicted molar refractivity (Wildman–Crippen MR) is 86.1 cm³/mol. The summed E-state index contributed by atoms with van der Waals surface area (Å²) < 4.78 is 4.04. The van der Waals surface area contributed by atoms with Crippen molar-refractivity contribution in [1.29, 1.82) is 0 Å². The van der Waals surface area contributed by atoms with Crippen LogP contribution in [0.5, 0.6) is 0 Å². The largest absolute Gasteiger partial charge is 0.369 e. The van der Waals surface area contributed by atoms with E-state index in [0.717, 1.165) is 48.8 Å². The lowest BCUT2D eigenvalue weighted by atomic mass is 10.2. The van der Waals surface area contributed by atoms with E-state index in [1.807, 2.05) is 13.2 Å². The average molecular weight is 312 g/mol. The first-order valence-electron chi connectivity index (χ1n) is 8.10. The molecule has 0 bridgehead atoms. The van der Waals surface area contributed by atoms with Gasteiger partial charge in [-0.25, -0.2) is 9.97 Å². The lowest BCUT2D eigenvalue weighted by Gasteiger charge is -2.08. The van der Waals surface area contributed by atoms with Crippen LogP contribution in [0.1, 0.15) is 30.9 Å². The van der Waals surface area contributed by atoms with Gasteiger partial charge in [0, 0.05) is 39.2 Å². The number of aromatic nitrogens is 7. The van der Waals surface area contributed by atoms with Gasteiger partial charge in [-0.15, -0.1) is 10.2 Å². The average Bonchev–Trinajstić information content (AvgIpc) is 3.02. The fourth-order valence-electron chi connectivity index (χ4n) is 3.11. The highest BCUT2D eigenvalue weighted by molar-refractivity contribution is 5.85. The van der Waals surface area contributed by atoms with E-state index in [9.17, 15) is 0 Å². The molecule has 0 aromatic carbocycles. The molecule has 0 spiro atoms. The third-order valence-electron chi connectivity index (χ3n) is 4.26. The number of nitrogens with zero attached hydrogens (tertiary/aromatic N) is 7. The smallest absolute Gasteiger partial charge is 0.186 e. The minimum Gasteiger partial charge on any atom is -0.369 e. The zero-order valence-corrected chi connectivity index (χ0v) is 13.2. The van der Waals surface area contributed by atoms with E-state index < -0.39 is 0 Å². The fourth-order valence-corrected chi connectivity index (χ4v) is 3.11. The van der Waals surface area contributed by atoms with Gasteiger partial charge in [0.2, 0.25) is 0 Å². The van der Waals surface area contributed by atoms with Crippen LogP contribution in [0.3, 0.4) is 0 Å². The normalized spacial score (nSPS) is 14.7. The zero-order valence-electron chi connectivity index (χ0n) is 13.2. The van der Waals surface area contributed by atoms with Gasteiger partial charge in [0.15, 0.2) is 5.65 Å². The standard InChI is InChI=1S/C15H20N8/c1-22-9-11-14(17-10-18-15(11)21-22)16-7-6-13-20-19-12-5-3-2-4-8-23(12)13/h9-10H,2-8H2,1H3,(H,16,17,18,21). The van der Waals surface area contributed by atoms with Crippen molar-refractivity contribution < 1.29 is 0 Å². The van der Waals surface area contributed by atoms with Crippen molar-refractivity contribution in [3.63, 3.8) is 0 Å². The number of rotatable bonds is 4. The van der Waals surface area contributed by atoms with Gasteiger partial charge in [0.1, 0.15) is 23.8 Å². The molecule has 0 amide bonds. The van der Waals surface area contributed by atoms with Crippen LogP contribution in [0.2, 0.25) is 0 Å². The van der Waals surface area contributed by atoms with Crippen molar-refractivity contribution in [2.45, 2.75) is 38.6 Å². The number of aryl methyl sites for hydroxylation is 2. The van der Waals surface area contributed by atoms with Gasteiger partial charge in [-0.2, -0.15) is 5.10 Å². The van der Waals surface area contributed by atoms with Gasteiger partial charge >= 0.3 is 0 Å².